The first-order valence-corrected chi connectivity index (χ1v) is 4.99. The second-order valence-electron chi connectivity index (χ2n) is 3.92. The van der Waals surface area contributed by atoms with Crippen molar-refractivity contribution >= 4 is 12.1 Å². The fourth-order valence-corrected chi connectivity index (χ4v) is 2.43. The van der Waals surface area contributed by atoms with Crippen molar-refractivity contribution in [3.05, 3.63) is 0 Å². The number of nitrogens with one attached hydrogen (secondary N) is 1. The standard InChI is InChI=1S/C8H14N4O5/c1-10-5-8(2-13,12(4-15)7(10)17)11(3-14)6(16)9-5/h5,13-15H,2-4H2,1H3,(H,9,16). The zero-order valence-electron chi connectivity index (χ0n) is 9.20. The van der Waals surface area contributed by atoms with Gasteiger partial charge in [-0.3, -0.25) is 9.80 Å². The number of nitrogens with zero attached hydrogens (tertiary/aromatic N) is 3. The van der Waals surface area contributed by atoms with Gasteiger partial charge in [0.15, 0.2) is 11.8 Å². The zero-order chi connectivity index (χ0) is 12.8. The molecule has 0 bridgehead atoms. The van der Waals surface area contributed by atoms with Crippen LogP contribution in [0.5, 0.6) is 0 Å². The lowest BCUT2D eigenvalue weighted by atomic mass is 10.1. The van der Waals surface area contributed by atoms with Gasteiger partial charge in [-0.25, -0.2) is 9.59 Å². The first-order chi connectivity index (χ1) is 8.04. The summed E-state index contributed by atoms with van der Waals surface area (Å²) in [6, 6.07) is -1.14. The van der Waals surface area contributed by atoms with Crippen LogP contribution in [0, 0.1) is 0 Å². The molecule has 96 valence electrons. The number of rotatable bonds is 3. The maximum Gasteiger partial charge on any atom is 0.325 e. The van der Waals surface area contributed by atoms with Crippen molar-refractivity contribution in [1.82, 2.24) is 20.0 Å². The molecule has 4 N–H and O–H groups in total. The van der Waals surface area contributed by atoms with E-state index in [0.29, 0.717) is 0 Å². The minimum Gasteiger partial charge on any atom is -0.392 e. The molecule has 0 aliphatic carbocycles. The molecule has 2 saturated heterocycles. The Kier molecular flexibility index (Phi) is 2.60. The highest BCUT2D eigenvalue weighted by Crippen LogP contribution is 2.37. The maximum atomic E-state index is 11.8. The number of aliphatic hydroxyl groups excluding tert-OH is 3. The van der Waals surface area contributed by atoms with E-state index < -0.39 is 44.0 Å². The second kappa shape index (κ2) is 3.72. The van der Waals surface area contributed by atoms with E-state index >= 15 is 0 Å². The van der Waals surface area contributed by atoms with E-state index in [9.17, 15) is 24.9 Å². The minimum absolute atomic E-state index is 0.537. The maximum absolute atomic E-state index is 11.8. The Balaban J connectivity index is 2.51. The minimum atomic E-state index is -1.47. The smallest absolute Gasteiger partial charge is 0.325 e. The average Bonchev–Trinajstić information content (AvgIpc) is 2.71. The molecular weight excluding hydrogens is 232 g/mol. The van der Waals surface area contributed by atoms with Crippen molar-refractivity contribution in [3.8, 4) is 0 Å². The van der Waals surface area contributed by atoms with Gasteiger partial charge in [-0.2, -0.15) is 0 Å². The molecule has 0 spiro atoms. The molecule has 4 amide bonds. The molecule has 2 aliphatic rings. The number of hydrogen-bond acceptors (Lipinski definition) is 5. The van der Waals surface area contributed by atoms with Crippen molar-refractivity contribution in [1.29, 1.82) is 0 Å². The average molecular weight is 246 g/mol. The second-order valence-corrected chi connectivity index (χ2v) is 3.92. The van der Waals surface area contributed by atoms with Crippen molar-refractivity contribution in [2.45, 2.75) is 11.8 Å². The number of carbonyl (C=O) groups is 2. The van der Waals surface area contributed by atoms with Crippen molar-refractivity contribution in [3.63, 3.8) is 0 Å². The van der Waals surface area contributed by atoms with Gasteiger partial charge in [0.2, 0.25) is 0 Å². The summed E-state index contributed by atoms with van der Waals surface area (Å²) < 4.78 is 0. The topological polar surface area (TPSA) is 117 Å². The monoisotopic (exact) mass is 246 g/mol. The first kappa shape index (κ1) is 11.9. The van der Waals surface area contributed by atoms with Gasteiger partial charge in [0.1, 0.15) is 13.5 Å². The third kappa shape index (κ3) is 1.18. The van der Waals surface area contributed by atoms with Crippen LogP contribution in [0.1, 0.15) is 0 Å². The van der Waals surface area contributed by atoms with Crippen molar-refractivity contribution < 1.29 is 24.9 Å². The van der Waals surface area contributed by atoms with E-state index in [2.05, 4.69) is 5.32 Å². The summed E-state index contributed by atoms with van der Waals surface area (Å²) in [5.74, 6) is 0. The lowest BCUT2D eigenvalue weighted by Crippen LogP contribution is -2.62. The van der Waals surface area contributed by atoms with Crippen molar-refractivity contribution in [2.24, 2.45) is 0 Å². The van der Waals surface area contributed by atoms with Crippen LogP contribution in [0.2, 0.25) is 0 Å². The Morgan fingerprint density at radius 2 is 1.82 bits per heavy atom. The van der Waals surface area contributed by atoms with Crippen LogP contribution in [0.4, 0.5) is 9.59 Å². The molecule has 9 heteroatoms. The Bertz CT molecular complexity index is 364. The van der Waals surface area contributed by atoms with Crippen LogP contribution in [0.3, 0.4) is 0 Å². The number of urea groups is 2. The highest BCUT2D eigenvalue weighted by Gasteiger charge is 2.65. The van der Waals surface area contributed by atoms with E-state index in [1.807, 2.05) is 0 Å². The number of hydrogen-bond donors (Lipinski definition) is 4. The number of fused-ring (bicyclic) bond motifs is 1. The van der Waals surface area contributed by atoms with Crippen LogP contribution in [0.25, 0.3) is 0 Å². The van der Waals surface area contributed by atoms with Gasteiger partial charge in [0.25, 0.3) is 0 Å². The lowest BCUT2D eigenvalue weighted by Gasteiger charge is -2.38. The molecular formula is C8H14N4O5. The number of likely N-dealkylation sites (N-methyl/N-ethyl adjacent to an activating group) is 1. The van der Waals surface area contributed by atoms with Crippen molar-refractivity contribution in [2.75, 3.05) is 27.1 Å². The third-order valence-corrected chi connectivity index (χ3v) is 3.31. The van der Waals surface area contributed by atoms with Crippen LogP contribution >= 0.6 is 0 Å². The fraction of sp³-hybridized carbons (Fsp3) is 0.750. The van der Waals surface area contributed by atoms with Crippen LogP contribution < -0.4 is 5.32 Å². The molecule has 2 rings (SSSR count). The highest BCUT2D eigenvalue weighted by atomic mass is 16.3. The summed E-state index contributed by atoms with van der Waals surface area (Å²) in [7, 11) is 1.44. The van der Waals surface area contributed by atoms with Crippen LogP contribution in [-0.2, 0) is 0 Å². The van der Waals surface area contributed by atoms with Gasteiger partial charge in [-0.1, -0.05) is 0 Å². The molecule has 2 heterocycles. The largest absolute Gasteiger partial charge is 0.392 e. The molecule has 0 aromatic heterocycles. The molecule has 2 unspecified atom stereocenters. The van der Waals surface area contributed by atoms with Gasteiger partial charge in [0, 0.05) is 7.05 Å². The molecule has 2 aliphatic heterocycles. The normalized spacial score (nSPS) is 32.2. The molecule has 2 atom stereocenters. The predicted octanol–water partition coefficient (Wildman–Crippen LogP) is -2.71. The van der Waals surface area contributed by atoms with Gasteiger partial charge < -0.3 is 25.5 Å². The molecule has 0 radical (unpaired) electrons. The Morgan fingerprint density at radius 1 is 1.24 bits per heavy atom. The first-order valence-electron chi connectivity index (χ1n) is 4.99. The molecule has 9 nitrogen and oxygen atoms in total. The van der Waals surface area contributed by atoms with Gasteiger partial charge in [-0.05, 0) is 0 Å². The van der Waals surface area contributed by atoms with Gasteiger partial charge in [0.05, 0.1) is 6.61 Å². The molecule has 17 heavy (non-hydrogen) atoms. The third-order valence-electron chi connectivity index (χ3n) is 3.31. The summed E-state index contributed by atoms with van der Waals surface area (Å²) >= 11 is 0. The van der Waals surface area contributed by atoms with E-state index in [1.54, 1.807) is 0 Å². The fourth-order valence-electron chi connectivity index (χ4n) is 2.43. The quantitative estimate of drug-likeness (QED) is 0.432. The van der Waals surface area contributed by atoms with E-state index in [4.69, 9.17) is 0 Å². The SMILES string of the molecule is CN1C(=O)N(CO)C2(CO)C1NC(=O)N2CO. The summed E-state index contributed by atoms with van der Waals surface area (Å²) in [6.07, 6.45) is -0.813. The van der Waals surface area contributed by atoms with E-state index in [-0.39, 0.29) is 0 Å². The van der Waals surface area contributed by atoms with Crippen LogP contribution in [-0.4, -0.2) is 81.0 Å². The Morgan fingerprint density at radius 3 is 2.29 bits per heavy atom. The van der Waals surface area contributed by atoms with Gasteiger partial charge in [-0.15, -0.1) is 0 Å². The summed E-state index contributed by atoms with van der Waals surface area (Å²) in [4.78, 5) is 26.4. The number of carbonyl (C=O) groups excluding carboxylic acids is 2. The molecule has 0 aromatic rings. The predicted molar refractivity (Wildman–Crippen MR) is 53.1 cm³/mol. The van der Waals surface area contributed by atoms with Crippen LogP contribution in [0.15, 0.2) is 0 Å². The summed E-state index contributed by atoms with van der Waals surface area (Å²) in [5.41, 5.74) is -1.47. The molecule has 0 aromatic carbocycles. The highest BCUT2D eigenvalue weighted by molar-refractivity contribution is 5.86. The Hall–Kier alpha value is -1.58. The summed E-state index contributed by atoms with van der Waals surface area (Å²) in [5, 5.41) is 30.4. The number of aliphatic hydroxyl groups is 3. The van der Waals surface area contributed by atoms with E-state index in [0.717, 1.165) is 9.80 Å². The zero-order valence-corrected chi connectivity index (χ0v) is 9.20. The summed E-state index contributed by atoms with van der Waals surface area (Å²) in [6.45, 7) is -1.92. The Labute approximate surface area is 96.8 Å². The van der Waals surface area contributed by atoms with E-state index in [1.165, 1.54) is 11.9 Å². The lowest BCUT2D eigenvalue weighted by molar-refractivity contribution is -0.0780. The van der Waals surface area contributed by atoms with Gasteiger partial charge >= 0.3 is 12.1 Å². The number of amides is 4. The molecule has 2 fully saturated rings. The molecule has 0 saturated carbocycles.